The first-order chi connectivity index (χ1) is 14.3. The molecule has 5 atom stereocenters. The van der Waals surface area contributed by atoms with Gasteiger partial charge in [-0.15, -0.1) is 0 Å². The maximum absolute atomic E-state index is 12.3. The number of hydrogen-bond acceptors (Lipinski definition) is 6. The van der Waals surface area contributed by atoms with Crippen LogP contribution in [0.25, 0.3) is 0 Å². The lowest BCUT2D eigenvalue weighted by Gasteiger charge is -2.63. The molecule has 160 valence electrons. The molecule has 0 amide bonds. The van der Waals surface area contributed by atoms with E-state index in [9.17, 15) is 15.0 Å². The van der Waals surface area contributed by atoms with Crippen LogP contribution in [0.5, 0.6) is 11.5 Å². The van der Waals surface area contributed by atoms with E-state index >= 15 is 0 Å². The fraction of sp³-hybridized carbons (Fsp3) is 0.625. The van der Waals surface area contributed by atoms with Gasteiger partial charge in [-0.1, -0.05) is 12.6 Å². The molecule has 6 nitrogen and oxygen atoms in total. The van der Waals surface area contributed by atoms with Crippen molar-refractivity contribution in [1.82, 2.24) is 4.90 Å². The number of esters is 1. The maximum Gasteiger partial charge on any atom is 0.333 e. The molecule has 2 bridgehead atoms. The van der Waals surface area contributed by atoms with Crippen molar-refractivity contribution >= 4 is 5.97 Å². The highest BCUT2D eigenvalue weighted by atomic mass is 16.6. The van der Waals surface area contributed by atoms with E-state index in [4.69, 9.17) is 9.47 Å². The number of likely N-dealkylation sites (tertiary alicyclic amines) is 1. The van der Waals surface area contributed by atoms with E-state index < -0.39 is 29.2 Å². The first-order valence-corrected chi connectivity index (χ1v) is 11.2. The molecule has 1 aromatic carbocycles. The van der Waals surface area contributed by atoms with Crippen LogP contribution >= 0.6 is 0 Å². The summed E-state index contributed by atoms with van der Waals surface area (Å²) in [6.07, 6.45) is 4.21. The van der Waals surface area contributed by atoms with Crippen molar-refractivity contribution in [2.75, 3.05) is 13.1 Å². The normalized spacial score (nSPS) is 38.5. The number of phenols is 1. The van der Waals surface area contributed by atoms with E-state index in [2.05, 4.69) is 11.5 Å². The van der Waals surface area contributed by atoms with Gasteiger partial charge in [-0.3, -0.25) is 4.90 Å². The Balaban J connectivity index is 1.48. The third-order valence-corrected chi connectivity index (χ3v) is 8.32. The number of piperidine rings is 1. The molecule has 2 heterocycles. The number of carbonyl (C=O) groups excluding carboxylic acids is 1. The van der Waals surface area contributed by atoms with Gasteiger partial charge < -0.3 is 19.7 Å². The molecular weight excluding hydrogens is 382 g/mol. The van der Waals surface area contributed by atoms with Crippen LogP contribution < -0.4 is 4.74 Å². The Bertz CT molecular complexity index is 955. The van der Waals surface area contributed by atoms with Crippen molar-refractivity contribution in [3.63, 3.8) is 0 Å². The van der Waals surface area contributed by atoms with Crippen molar-refractivity contribution in [1.29, 1.82) is 0 Å². The highest BCUT2D eigenvalue weighted by molar-refractivity contribution is 5.87. The van der Waals surface area contributed by atoms with Crippen LogP contribution in [0.2, 0.25) is 0 Å². The molecule has 2 aliphatic heterocycles. The molecule has 0 unspecified atom stereocenters. The number of ether oxygens (including phenoxy) is 2. The Hall–Kier alpha value is -2.05. The van der Waals surface area contributed by atoms with E-state index in [0.717, 1.165) is 43.0 Å². The third kappa shape index (κ3) is 2.24. The minimum atomic E-state index is -0.955. The summed E-state index contributed by atoms with van der Waals surface area (Å²) < 4.78 is 12.2. The summed E-state index contributed by atoms with van der Waals surface area (Å²) in [4.78, 5) is 14.8. The van der Waals surface area contributed by atoms with Gasteiger partial charge in [0.2, 0.25) is 0 Å². The van der Waals surface area contributed by atoms with Crippen LogP contribution in [0.15, 0.2) is 24.3 Å². The molecule has 6 heteroatoms. The van der Waals surface area contributed by atoms with Crippen molar-refractivity contribution < 1.29 is 24.5 Å². The standard InChI is InChI=1S/C24H29NO5/c1-13(2)22(27)29-17-7-8-24(28)18-11-15-5-6-16(26)20-19(15)23(24,21(17)30-20)9-10-25(18)12-14-3-4-14/h5-6,14,17-18,21,26,28H,1,3-4,7-12H2,2H3/t17-,18-,21+,23+,24-/m1/s1. The first-order valence-electron chi connectivity index (χ1n) is 11.2. The number of carbonyl (C=O) groups is 1. The fourth-order valence-electron chi connectivity index (χ4n) is 6.79. The van der Waals surface area contributed by atoms with Gasteiger partial charge in [0.05, 0.1) is 11.0 Å². The second-order valence-electron chi connectivity index (χ2n) is 10.1. The van der Waals surface area contributed by atoms with E-state index in [1.807, 2.05) is 6.07 Å². The van der Waals surface area contributed by atoms with Crippen molar-refractivity contribution in [2.24, 2.45) is 5.92 Å². The molecule has 30 heavy (non-hydrogen) atoms. The Kier molecular flexibility index (Phi) is 3.75. The first kappa shape index (κ1) is 18.7. The summed E-state index contributed by atoms with van der Waals surface area (Å²) in [5.74, 6) is 0.902. The Morgan fingerprint density at radius 3 is 2.87 bits per heavy atom. The summed E-state index contributed by atoms with van der Waals surface area (Å²) in [6, 6.07) is 3.71. The second-order valence-corrected chi connectivity index (χ2v) is 10.1. The summed E-state index contributed by atoms with van der Waals surface area (Å²) in [5, 5.41) is 22.9. The van der Waals surface area contributed by atoms with Gasteiger partial charge in [0, 0.05) is 23.7 Å². The van der Waals surface area contributed by atoms with Crippen LogP contribution in [0, 0.1) is 5.92 Å². The highest BCUT2D eigenvalue weighted by Gasteiger charge is 2.73. The zero-order valence-corrected chi connectivity index (χ0v) is 17.4. The molecular formula is C24H29NO5. The Morgan fingerprint density at radius 1 is 1.33 bits per heavy atom. The minimum Gasteiger partial charge on any atom is -0.504 e. The smallest absolute Gasteiger partial charge is 0.333 e. The monoisotopic (exact) mass is 411 g/mol. The zero-order chi connectivity index (χ0) is 20.8. The summed E-state index contributed by atoms with van der Waals surface area (Å²) in [7, 11) is 0. The quantitative estimate of drug-likeness (QED) is 0.585. The van der Waals surface area contributed by atoms with E-state index in [0.29, 0.717) is 24.2 Å². The molecule has 1 saturated heterocycles. The molecule has 0 radical (unpaired) electrons. The number of aromatic hydroxyl groups is 1. The third-order valence-electron chi connectivity index (χ3n) is 8.32. The second kappa shape index (κ2) is 6.01. The van der Waals surface area contributed by atoms with Gasteiger partial charge in [0.1, 0.15) is 12.2 Å². The number of aliphatic hydroxyl groups is 1. The van der Waals surface area contributed by atoms with Crippen molar-refractivity contribution in [3.05, 3.63) is 35.4 Å². The largest absolute Gasteiger partial charge is 0.504 e. The van der Waals surface area contributed by atoms with Crippen LogP contribution in [-0.4, -0.2) is 58.0 Å². The van der Waals surface area contributed by atoms with Gasteiger partial charge in [0.15, 0.2) is 11.5 Å². The highest BCUT2D eigenvalue weighted by Crippen LogP contribution is 2.65. The molecule has 6 rings (SSSR count). The predicted molar refractivity (Wildman–Crippen MR) is 109 cm³/mol. The molecule has 1 aromatic rings. The molecule has 3 aliphatic carbocycles. The molecule has 0 aromatic heterocycles. The Labute approximate surface area is 176 Å². The molecule has 5 aliphatic rings. The topological polar surface area (TPSA) is 79.2 Å². The van der Waals surface area contributed by atoms with Crippen molar-refractivity contribution in [2.45, 2.75) is 74.7 Å². The van der Waals surface area contributed by atoms with Gasteiger partial charge in [-0.05, 0) is 69.5 Å². The lowest BCUT2D eigenvalue weighted by molar-refractivity contribution is -0.215. The van der Waals surface area contributed by atoms with Crippen molar-refractivity contribution in [3.8, 4) is 11.5 Å². The zero-order valence-electron chi connectivity index (χ0n) is 17.4. The lowest BCUT2D eigenvalue weighted by Crippen LogP contribution is -2.77. The molecule has 3 fully saturated rings. The predicted octanol–water partition coefficient (Wildman–Crippen LogP) is 2.44. The summed E-state index contributed by atoms with van der Waals surface area (Å²) in [6.45, 7) is 7.28. The SMILES string of the molecule is C=C(C)C(=O)O[C@@H]1CC[C@@]2(O)[C@H]3Cc4ccc(O)c5c4[C@@]2(CCN3CC2CC2)[C@H]1O5. The summed E-state index contributed by atoms with van der Waals surface area (Å²) in [5.41, 5.74) is 0.842. The van der Waals surface area contributed by atoms with E-state index in [1.54, 1.807) is 13.0 Å². The number of hydrogen-bond donors (Lipinski definition) is 2. The minimum absolute atomic E-state index is 0.0266. The van der Waals surface area contributed by atoms with E-state index in [-0.39, 0.29) is 11.8 Å². The molecule has 1 spiro atoms. The molecule has 2 saturated carbocycles. The van der Waals surface area contributed by atoms with Crippen LogP contribution in [-0.2, 0) is 21.4 Å². The Morgan fingerprint density at radius 2 is 2.13 bits per heavy atom. The van der Waals surface area contributed by atoms with Gasteiger partial charge in [0.25, 0.3) is 0 Å². The number of nitrogens with zero attached hydrogens (tertiary/aromatic N) is 1. The van der Waals surface area contributed by atoms with Crippen LogP contribution in [0.1, 0.15) is 50.2 Å². The fourth-order valence-corrected chi connectivity index (χ4v) is 6.79. The molecule has 2 N–H and O–H groups in total. The number of rotatable bonds is 4. The summed E-state index contributed by atoms with van der Waals surface area (Å²) >= 11 is 0. The van der Waals surface area contributed by atoms with Crippen LogP contribution in [0.3, 0.4) is 0 Å². The number of benzene rings is 1. The average Bonchev–Trinajstić information content (AvgIpc) is 3.44. The van der Waals surface area contributed by atoms with Gasteiger partial charge in [-0.25, -0.2) is 4.79 Å². The van der Waals surface area contributed by atoms with Gasteiger partial charge in [-0.2, -0.15) is 0 Å². The van der Waals surface area contributed by atoms with E-state index in [1.165, 1.54) is 12.8 Å². The average molecular weight is 411 g/mol. The lowest BCUT2D eigenvalue weighted by atomic mass is 9.48. The number of phenolic OH excluding ortho intramolecular Hbond substituents is 1. The maximum atomic E-state index is 12.3. The van der Waals surface area contributed by atoms with Gasteiger partial charge >= 0.3 is 5.97 Å². The van der Waals surface area contributed by atoms with Crippen LogP contribution in [0.4, 0.5) is 0 Å².